The van der Waals surface area contributed by atoms with Gasteiger partial charge in [0.25, 0.3) is 0 Å². The highest BCUT2D eigenvalue weighted by Crippen LogP contribution is 2.40. The molecular weight excluding hydrogens is 376 g/mol. The summed E-state index contributed by atoms with van der Waals surface area (Å²) >= 11 is 6.48. The molecule has 1 saturated heterocycles. The Balaban J connectivity index is 1.76. The van der Waals surface area contributed by atoms with Gasteiger partial charge in [-0.05, 0) is 48.7 Å². The van der Waals surface area contributed by atoms with E-state index in [2.05, 4.69) is 10.3 Å². The van der Waals surface area contributed by atoms with Gasteiger partial charge in [-0.1, -0.05) is 29.8 Å². The van der Waals surface area contributed by atoms with Crippen molar-refractivity contribution in [3.05, 3.63) is 65.3 Å². The zero-order chi connectivity index (χ0) is 19.6. The Kier molecular flexibility index (Phi) is 5.20. The third-order valence-electron chi connectivity index (χ3n) is 5.37. The second kappa shape index (κ2) is 7.78. The van der Waals surface area contributed by atoms with Gasteiger partial charge < -0.3 is 14.8 Å². The number of fused-ring (bicyclic) bond motifs is 1. The van der Waals surface area contributed by atoms with Crippen molar-refractivity contribution in [1.82, 2.24) is 4.98 Å². The smallest absolute Gasteiger partial charge is 0.235 e. The van der Waals surface area contributed by atoms with Crippen molar-refractivity contribution >= 4 is 34.1 Å². The highest BCUT2D eigenvalue weighted by molar-refractivity contribution is 6.32. The van der Waals surface area contributed by atoms with E-state index in [1.807, 2.05) is 48.5 Å². The van der Waals surface area contributed by atoms with Crippen LogP contribution in [0.2, 0.25) is 5.02 Å². The van der Waals surface area contributed by atoms with E-state index in [1.165, 1.54) is 0 Å². The van der Waals surface area contributed by atoms with E-state index in [0.717, 1.165) is 10.9 Å². The van der Waals surface area contributed by atoms with Crippen LogP contribution in [0.5, 0.6) is 5.75 Å². The molecule has 144 valence electrons. The maximum absolute atomic E-state index is 13.6. The molecule has 5 nitrogen and oxygen atoms in total. The van der Waals surface area contributed by atoms with Crippen molar-refractivity contribution in [2.24, 2.45) is 0 Å². The van der Waals surface area contributed by atoms with E-state index in [4.69, 9.17) is 21.1 Å². The maximum atomic E-state index is 13.6. The number of ether oxygens (including phenoxy) is 2. The molecule has 2 aromatic carbocycles. The number of pyridine rings is 1. The summed E-state index contributed by atoms with van der Waals surface area (Å²) in [6.07, 6.45) is 2.87. The van der Waals surface area contributed by atoms with Gasteiger partial charge in [-0.25, -0.2) is 0 Å². The summed E-state index contributed by atoms with van der Waals surface area (Å²) in [6, 6.07) is 15.0. The molecule has 1 N–H and O–H groups in total. The highest BCUT2D eigenvalue weighted by Gasteiger charge is 2.43. The fraction of sp³-hybridized carbons (Fsp3) is 0.273. The number of benzene rings is 2. The third kappa shape index (κ3) is 3.21. The number of nitrogens with zero attached hydrogens (tertiary/aromatic N) is 1. The number of aromatic nitrogens is 1. The SMILES string of the molecule is COc1ccc(NC(=O)C2(c3ccccc3Cl)CCOCC2)c2cccnc12. The number of hydrogen-bond donors (Lipinski definition) is 1. The van der Waals surface area contributed by atoms with E-state index in [-0.39, 0.29) is 5.91 Å². The molecular formula is C22H21ClN2O3. The number of carbonyl (C=O) groups is 1. The molecule has 1 amide bonds. The minimum Gasteiger partial charge on any atom is -0.494 e. The Morgan fingerprint density at radius 2 is 1.93 bits per heavy atom. The van der Waals surface area contributed by atoms with Crippen LogP contribution < -0.4 is 10.1 Å². The van der Waals surface area contributed by atoms with Crippen molar-refractivity contribution in [2.75, 3.05) is 25.6 Å². The third-order valence-corrected chi connectivity index (χ3v) is 5.70. The zero-order valence-electron chi connectivity index (χ0n) is 15.6. The molecule has 3 aromatic rings. The van der Waals surface area contributed by atoms with E-state index in [9.17, 15) is 4.79 Å². The van der Waals surface area contributed by atoms with Crippen LogP contribution in [0.25, 0.3) is 10.9 Å². The van der Waals surface area contributed by atoms with Crippen LogP contribution in [0, 0.1) is 0 Å². The molecule has 1 aromatic heterocycles. The van der Waals surface area contributed by atoms with Gasteiger partial charge in [0.1, 0.15) is 11.3 Å². The molecule has 0 saturated carbocycles. The lowest BCUT2D eigenvalue weighted by atomic mass is 9.73. The van der Waals surface area contributed by atoms with Gasteiger partial charge in [-0.2, -0.15) is 0 Å². The molecule has 0 atom stereocenters. The maximum Gasteiger partial charge on any atom is 0.235 e. The molecule has 1 aliphatic heterocycles. The molecule has 6 heteroatoms. The number of nitrogens with one attached hydrogen (secondary N) is 1. The lowest BCUT2D eigenvalue weighted by Crippen LogP contribution is -2.45. The predicted molar refractivity (Wildman–Crippen MR) is 110 cm³/mol. The quantitative estimate of drug-likeness (QED) is 0.701. The molecule has 0 radical (unpaired) electrons. The lowest BCUT2D eigenvalue weighted by molar-refractivity contribution is -0.125. The lowest BCUT2D eigenvalue weighted by Gasteiger charge is -2.36. The second-order valence-corrected chi connectivity index (χ2v) is 7.25. The minimum atomic E-state index is -0.731. The fourth-order valence-electron chi connectivity index (χ4n) is 3.85. The van der Waals surface area contributed by atoms with Crippen LogP contribution in [-0.2, 0) is 14.9 Å². The van der Waals surface area contributed by atoms with E-state index in [0.29, 0.717) is 48.0 Å². The largest absolute Gasteiger partial charge is 0.494 e. The van der Waals surface area contributed by atoms with Crippen molar-refractivity contribution in [1.29, 1.82) is 0 Å². The van der Waals surface area contributed by atoms with Gasteiger partial charge in [-0.3, -0.25) is 9.78 Å². The topological polar surface area (TPSA) is 60.5 Å². The van der Waals surface area contributed by atoms with Gasteiger partial charge in [0.05, 0.1) is 18.2 Å². The van der Waals surface area contributed by atoms with Gasteiger partial charge in [0.15, 0.2) is 0 Å². The first kappa shape index (κ1) is 18.7. The first-order valence-electron chi connectivity index (χ1n) is 9.22. The Hall–Kier alpha value is -2.63. The minimum absolute atomic E-state index is 0.0841. The average molecular weight is 397 g/mol. The number of methoxy groups -OCH3 is 1. The molecule has 2 heterocycles. The Morgan fingerprint density at radius 1 is 1.14 bits per heavy atom. The molecule has 0 bridgehead atoms. The number of halogens is 1. The molecule has 28 heavy (non-hydrogen) atoms. The average Bonchev–Trinajstić information content (AvgIpc) is 2.74. The zero-order valence-corrected chi connectivity index (χ0v) is 16.3. The van der Waals surface area contributed by atoms with Crippen LogP contribution in [0.1, 0.15) is 18.4 Å². The summed E-state index contributed by atoms with van der Waals surface area (Å²) in [5.41, 5.74) is 1.52. The molecule has 0 aliphatic carbocycles. The van der Waals surface area contributed by atoms with Gasteiger partial charge in [-0.15, -0.1) is 0 Å². The summed E-state index contributed by atoms with van der Waals surface area (Å²) in [6.45, 7) is 1.03. The Labute approximate surface area is 168 Å². The Morgan fingerprint density at radius 3 is 2.68 bits per heavy atom. The molecule has 1 aliphatic rings. The predicted octanol–water partition coefficient (Wildman–Crippen LogP) is 4.58. The molecule has 1 fully saturated rings. The van der Waals surface area contributed by atoms with E-state index in [1.54, 1.807) is 13.3 Å². The summed E-state index contributed by atoms with van der Waals surface area (Å²) in [5.74, 6) is 0.583. The Bertz CT molecular complexity index is 1020. The summed E-state index contributed by atoms with van der Waals surface area (Å²) in [5, 5.41) is 4.55. The first-order valence-corrected chi connectivity index (χ1v) is 9.59. The summed E-state index contributed by atoms with van der Waals surface area (Å²) < 4.78 is 10.9. The number of anilines is 1. The van der Waals surface area contributed by atoms with E-state index >= 15 is 0 Å². The van der Waals surface area contributed by atoms with Crippen molar-refractivity contribution in [2.45, 2.75) is 18.3 Å². The van der Waals surface area contributed by atoms with Gasteiger partial charge in [0, 0.05) is 29.8 Å². The standard InChI is InChI=1S/C22H21ClN2O3/c1-27-19-9-8-18(15-5-4-12-24-20(15)19)25-21(26)22(10-13-28-14-11-22)16-6-2-3-7-17(16)23/h2-9,12H,10-11,13-14H2,1H3,(H,25,26). The second-order valence-electron chi connectivity index (χ2n) is 6.84. The summed E-state index contributed by atoms with van der Waals surface area (Å²) in [4.78, 5) is 18.0. The normalized spacial score (nSPS) is 15.9. The van der Waals surface area contributed by atoms with E-state index < -0.39 is 5.41 Å². The van der Waals surface area contributed by atoms with Crippen LogP contribution in [0.4, 0.5) is 5.69 Å². The van der Waals surface area contributed by atoms with Crippen molar-refractivity contribution < 1.29 is 14.3 Å². The summed E-state index contributed by atoms with van der Waals surface area (Å²) in [7, 11) is 1.61. The monoisotopic (exact) mass is 396 g/mol. The van der Waals surface area contributed by atoms with Gasteiger partial charge >= 0.3 is 0 Å². The number of rotatable bonds is 4. The van der Waals surface area contributed by atoms with Crippen LogP contribution >= 0.6 is 11.6 Å². The number of hydrogen-bond acceptors (Lipinski definition) is 4. The number of amides is 1. The van der Waals surface area contributed by atoms with Crippen LogP contribution in [0.3, 0.4) is 0 Å². The molecule has 0 spiro atoms. The fourth-order valence-corrected chi connectivity index (χ4v) is 4.17. The van der Waals surface area contributed by atoms with Crippen molar-refractivity contribution in [3.63, 3.8) is 0 Å². The van der Waals surface area contributed by atoms with Gasteiger partial charge in [0.2, 0.25) is 5.91 Å². The van der Waals surface area contributed by atoms with Crippen molar-refractivity contribution in [3.8, 4) is 5.75 Å². The molecule has 0 unspecified atom stereocenters. The number of carbonyl (C=O) groups excluding carboxylic acids is 1. The molecule has 4 rings (SSSR count). The first-order chi connectivity index (χ1) is 13.7. The van der Waals surface area contributed by atoms with Crippen LogP contribution in [-0.4, -0.2) is 31.2 Å². The van der Waals surface area contributed by atoms with Crippen LogP contribution in [0.15, 0.2) is 54.7 Å². The highest BCUT2D eigenvalue weighted by atomic mass is 35.5.